The molecule has 1 N–H and O–H groups in total. The number of nitriles is 1. The number of benzene rings is 1. The van der Waals surface area contributed by atoms with Crippen LogP contribution in [0, 0.1) is 21.4 Å². The number of hydrogen-bond acceptors (Lipinski definition) is 5. The summed E-state index contributed by atoms with van der Waals surface area (Å²) in [5.74, 6) is 0. The summed E-state index contributed by atoms with van der Waals surface area (Å²) in [6.45, 7) is 2.52. The molecule has 0 spiro atoms. The van der Waals surface area contributed by atoms with Gasteiger partial charge in [0.25, 0.3) is 5.69 Å². The third-order valence-corrected chi connectivity index (χ3v) is 2.77. The van der Waals surface area contributed by atoms with Crippen molar-refractivity contribution in [2.75, 3.05) is 5.32 Å². The van der Waals surface area contributed by atoms with E-state index in [1.54, 1.807) is 12.5 Å². The fourth-order valence-corrected chi connectivity index (χ4v) is 1.90. The van der Waals surface area contributed by atoms with Crippen molar-refractivity contribution in [1.82, 2.24) is 9.55 Å². The van der Waals surface area contributed by atoms with E-state index in [-0.39, 0.29) is 11.7 Å². The predicted molar refractivity (Wildman–Crippen MR) is 73.1 cm³/mol. The Kier molecular flexibility index (Phi) is 3.96. The van der Waals surface area contributed by atoms with E-state index in [4.69, 9.17) is 5.26 Å². The van der Waals surface area contributed by atoms with E-state index in [1.807, 2.05) is 23.8 Å². The highest BCUT2D eigenvalue weighted by Gasteiger charge is 2.16. The second-order valence-corrected chi connectivity index (χ2v) is 4.41. The van der Waals surface area contributed by atoms with Gasteiger partial charge in [0.2, 0.25) is 0 Å². The first-order valence-corrected chi connectivity index (χ1v) is 6.01. The molecule has 1 aromatic heterocycles. The van der Waals surface area contributed by atoms with Gasteiger partial charge in [-0.15, -0.1) is 0 Å². The Morgan fingerprint density at radius 2 is 2.40 bits per heavy atom. The zero-order valence-corrected chi connectivity index (χ0v) is 10.9. The molecule has 1 aromatic carbocycles. The van der Waals surface area contributed by atoms with Crippen molar-refractivity contribution in [2.45, 2.75) is 19.5 Å². The summed E-state index contributed by atoms with van der Waals surface area (Å²) in [5, 5.41) is 22.9. The summed E-state index contributed by atoms with van der Waals surface area (Å²) in [6, 6.07) is 6.19. The van der Waals surface area contributed by atoms with E-state index in [9.17, 15) is 10.1 Å². The highest BCUT2D eigenvalue weighted by molar-refractivity contribution is 5.64. The van der Waals surface area contributed by atoms with Crippen LogP contribution >= 0.6 is 0 Å². The molecule has 20 heavy (non-hydrogen) atoms. The largest absolute Gasteiger partial charge is 0.375 e. The first kappa shape index (κ1) is 13.5. The van der Waals surface area contributed by atoms with Crippen LogP contribution in [0.5, 0.6) is 0 Å². The zero-order chi connectivity index (χ0) is 14.5. The lowest BCUT2D eigenvalue weighted by atomic mass is 10.1. The standard InChI is InChI=1S/C13H13N5O2/c1-10(8-17-5-4-15-9-17)16-12-6-11(7-14)2-3-13(12)18(19)20/h2-6,9-10,16H,8H2,1H3. The van der Waals surface area contributed by atoms with Gasteiger partial charge in [-0.1, -0.05) is 0 Å². The molecule has 0 aliphatic heterocycles. The quantitative estimate of drug-likeness (QED) is 0.664. The average Bonchev–Trinajstić information content (AvgIpc) is 2.90. The van der Waals surface area contributed by atoms with E-state index in [1.165, 1.54) is 18.2 Å². The Hall–Kier alpha value is -2.88. The zero-order valence-electron chi connectivity index (χ0n) is 10.9. The normalized spacial score (nSPS) is 11.6. The van der Waals surface area contributed by atoms with Crippen LogP contribution in [0.3, 0.4) is 0 Å². The third kappa shape index (κ3) is 3.11. The summed E-state index contributed by atoms with van der Waals surface area (Å²) in [5.41, 5.74) is 0.691. The van der Waals surface area contributed by atoms with Crippen LogP contribution in [-0.2, 0) is 6.54 Å². The van der Waals surface area contributed by atoms with Gasteiger partial charge in [-0.2, -0.15) is 5.26 Å². The third-order valence-electron chi connectivity index (χ3n) is 2.77. The lowest BCUT2D eigenvalue weighted by Gasteiger charge is -2.15. The fourth-order valence-electron chi connectivity index (χ4n) is 1.90. The minimum atomic E-state index is -0.465. The summed E-state index contributed by atoms with van der Waals surface area (Å²) in [4.78, 5) is 14.5. The highest BCUT2D eigenvalue weighted by atomic mass is 16.6. The molecule has 0 saturated carbocycles. The van der Waals surface area contributed by atoms with Crippen LogP contribution in [0.25, 0.3) is 0 Å². The molecule has 0 fully saturated rings. The van der Waals surface area contributed by atoms with Crippen molar-refractivity contribution in [3.05, 3.63) is 52.6 Å². The number of imidazole rings is 1. The fraction of sp³-hybridized carbons (Fsp3) is 0.231. The molecule has 0 radical (unpaired) electrons. The van der Waals surface area contributed by atoms with Gasteiger partial charge >= 0.3 is 0 Å². The number of aromatic nitrogens is 2. The van der Waals surface area contributed by atoms with Crippen molar-refractivity contribution >= 4 is 11.4 Å². The van der Waals surface area contributed by atoms with Gasteiger partial charge in [0.05, 0.1) is 22.9 Å². The van der Waals surface area contributed by atoms with E-state index in [2.05, 4.69) is 10.3 Å². The lowest BCUT2D eigenvalue weighted by Crippen LogP contribution is -2.21. The van der Waals surface area contributed by atoms with Gasteiger partial charge < -0.3 is 9.88 Å². The Bertz CT molecular complexity index is 645. The van der Waals surface area contributed by atoms with Crippen molar-refractivity contribution < 1.29 is 4.92 Å². The molecular weight excluding hydrogens is 258 g/mol. The Balaban J connectivity index is 2.18. The molecule has 2 aromatic rings. The average molecular weight is 271 g/mol. The molecule has 2 rings (SSSR count). The number of nitrogens with zero attached hydrogens (tertiary/aromatic N) is 4. The number of nitrogens with one attached hydrogen (secondary N) is 1. The first-order chi connectivity index (χ1) is 9.60. The number of nitro groups is 1. The maximum atomic E-state index is 11.0. The minimum absolute atomic E-state index is 0.0403. The Morgan fingerprint density at radius 3 is 3.00 bits per heavy atom. The van der Waals surface area contributed by atoms with Gasteiger partial charge in [-0.05, 0) is 19.1 Å². The number of anilines is 1. The molecule has 0 aliphatic rings. The summed E-state index contributed by atoms with van der Waals surface area (Å²) < 4.78 is 1.87. The molecule has 0 saturated heterocycles. The maximum Gasteiger partial charge on any atom is 0.292 e. The van der Waals surface area contributed by atoms with Crippen LogP contribution in [0.4, 0.5) is 11.4 Å². The molecule has 1 heterocycles. The van der Waals surface area contributed by atoms with E-state index < -0.39 is 4.92 Å². The number of rotatable bonds is 5. The molecule has 0 amide bonds. The van der Waals surface area contributed by atoms with Crippen LogP contribution in [0.1, 0.15) is 12.5 Å². The summed E-state index contributed by atoms with van der Waals surface area (Å²) >= 11 is 0. The van der Waals surface area contributed by atoms with Crippen LogP contribution in [0.15, 0.2) is 36.9 Å². The van der Waals surface area contributed by atoms with Gasteiger partial charge in [0, 0.05) is 31.0 Å². The molecule has 0 bridgehead atoms. The van der Waals surface area contributed by atoms with Crippen molar-refractivity contribution in [3.8, 4) is 6.07 Å². The summed E-state index contributed by atoms with van der Waals surface area (Å²) in [6.07, 6.45) is 5.17. The van der Waals surface area contributed by atoms with Crippen molar-refractivity contribution in [1.29, 1.82) is 5.26 Å². The van der Waals surface area contributed by atoms with Crippen LogP contribution in [-0.4, -0.2) is 20.5 Å². The monoisotopic (exact) mass is 271 g/mol. The second-order valence-electron chi connectivity index (χ2n) is 4.41. The SMILES string of the molecule is CC(Cn1ccnc1)Nc1cc(C#N)ccc1[N+](=O)[O-]. The van der Waals surface area contributed by atoms with Crippen LogP contribution < -0.4 is 5.32 Å². The van der Waals surface area contributed by atoms with Crippen LogP contribution in [0.2, 0.25) is 0 Å². The van der Waals surface area contributed by atoms with Crippen molar-refractivity contribution in [3.63, 3.8) is 0 Å². The van der Waals surface area contributed by atoms with E-state index in [0.717, 1.165) is 0 Å². The molecule has 0 aliphatic carbocycles. The molecule has 7 nitrogen and oxygen atoms in total. The van der Waals surface area contributed by atoms with E-state index >= 15 is 0 Å². The Morgan fingerprint density at radius 1 is 1.60 bits per heavy atom. The molecular formula is C13H13N5O2. The van der Waals surface area contributed by atoms with Gasteiger partial charge in [0.15, 0.2) is 0 Å². The lowest BCUT2D eigenvalue weighted by molar-refractivity contribution is -0.384. The van der Waals surface area contributed by atoms with Crippen molar-refractivity contribution in [2.24, 2.45) is 0 Å². The smallest absolute Gasteiger partial charge is 0.292 e. The van der Waals surface area contributed by atoms with E-state index in [0.29, 0.717) is 17.8 Å². The maximum absolute atomic E-state index is 11.0. The highest BCUT2D eigenvalue weighted by Crippen LogP contribution is 2.26. The van der Waals surface area contributed by atoms with Gasteiger partial charge in [-0.3, -0.25) is 10.1 Å². The topological polar surface area (TPSA) is 96.8 Å². The molecule has 7 heteroatoms. The molecule has 1 atom stereocenters. The van der Waals surface area contributed by atoms with Gasteiger partial charge in [-0.25, -0.2) is 4.98 Å². The van der Waals surface area contributed by atoms with Gasteiger partial charge in [0.1, 0.15) is 5.69 Å². The molecule has 102 valence electrons. The molecule has 1 unspecified atom stereocenters. The number of hydrogen-bond donors (Lipinski definition) is 1. The predicted octanol–water partition coefficient (Wildman–Crippen LogP) is 2.16. The Labute approximate surface area is 115 Å². The number of nitro benzene ring substituents is 1. The first-order valence-electron chi connectivity index (χ1n) is 6.01. The summed E-state index contributed by atoms with van der Waals surface area (Å²) in [7, 11) is 0. The second kappa shape index (κ2) is 5.84. The minimum Gasteiger partial charge on any atom is -0.375 e.